The molecule has 0 unspecified atom stereocenters. The van der Waals surface area contributed by atoms with Gasteiger partial charge in [-0.05, 0) is 55.7 Å². The van der Waals surface area contributed by atoms with Crippen molar-refractivity contribution in [2.45, 2.75) is 29.1 Å². The van der Waals surface area contributed by atoms with E-state index in [2.05, 4.69) is 4.98 Å². The number of ether oxygens (including phenoxy) is 1. The maximum atomic E-state index is 14.1. The van der Waals surface area contributed by atoms with Gasteiger partial charge in [-0.15, -0.1) is 0 Å². The van der Waals surface area contributed by atoms with Gasteiger partial charge in [-0.3, -0.25) is 9.78 Å². The van der Waals surface area contributed by atoms with Crippen molar-refractivity contribution in [2.75, 3.05) is 20.2 Å². The lowest BCUT2D eigenvalue weighted by atomic mass is 10.1. The van der Waals surface area contributed by atoms with E-state index in [0.29, 0.717) is 24.4 Å². The Morgan fingerprint density at radius 2 is 1.87 bits per heavy atom. The van der Waals surface area contributed by atoms with Gasteiger partial charge in [0.1, 0.15) is 11.6 Å². The number of likely N-dealkylation sites (tertiary alicyclic amines) is 1. The standard InChI is InChI=1S/C22H21FN2O4S/c1-29-16-6-5-7-17(13-16)30(27,28)21-18-12-15(23)8-9-20(18)24-14-19(21)22(26)25-10-3-2-4-11-25/h5-9,12-14H,2-4,10-11H2,1H3. The van der Waals surface area contributed by atoms with Crippen LogP contribution in [-0.2, 0) is 9.84 Å². The van der Waals surface area contributed by atoms with Gasteiger partial charge in [0.2, 0.25) is 9.84 Å². The fraction of sp³-hybridized carbons (Fsp3) is 0.273. The molecule has 30 heavy (non-hydrogen) atoms. The largest absolute Gasteiger partial charge is 0.497 e. The lowest BCUT2D eigenvalue weighted by molar-refractivity contribution is 0.0720. The summed E-state index contributed by atoms with van der Waals surface area (Å²) in [4.78, 5) is 18.9. The van der Waals surface area contributed by atoms with Crippen LogP contribution in [0.3, 0.4) is 0 Å². The number of pyridine rings is 1. The van der Waals surface area contributed by atoms with E-state index in [0.717, 1.165) is 25.3 Å². The quantitative estimate of drug-likeness (QED) is 0.631. The Kier molecular flexibility index (Phi) is 5.42. The Morgan fingerprint density at radius 1 is 1.10 bits per heavy atom. The fourth-order valence-corrected chi connectivity index (χ4v) is 5.38. The number of methoxy groups -OCH3 is 1. The zero-order valence-corrected chi connectivity index (χ0v) is 17.3. The maximum Gasteiger partial charge on any atom is 0.256 e. The molecule has 1 aliphatic rings. The summed E-state index contributed by atoms with van der Waals surface area (Å²) in [6.45, 7) is 1.11. The van der Waals surface area contributed by atoms with Crippen LogP contribution in [0.1, 0.15) is 29.6 Å². The van der Waals surface area contributed by atoms with Crippen LogP contribution in [0.25, 0.3) is 10.9 Å². The van der Waals surface area contributed by atoms with Gasteiger partial charge in [-0.1, -0.05) is 6.07 Å². The third kappa shape index (κ3) is 3.63. The molecule has 156 valence electrons. The van der Waals surface area contributed by atoms with Crippen LogP contribution < -0.4 is 4.74 Å². The summed E-state index contributed by atoms with van der Waals surface area (Å²) < 4.78 is 46.5. The van der Waals surface area contributed by atoms with E-state index >= 15 is 0 Å². The molecule has 6 nitrogen and oxygen atoms in total. The van der Waals surface area contributed by atoms with E-state index in [1.807, 2.05) is 0 Å². The minimum absolute atomic E-state index is 0.0358. The van der Waals surface area contributed by atoms with Crippen molar-refractivity contribution >= 4 is 26.6 Å². The summed E-state index contributed by atoms with van der Waals surface area (Å²) >= 11 is 0. The normalized spacial score (nSPS) is 14.7. The predicted octanol–water partition coefficient (Wildman–Crippen LogP) is 3.84. The molecule has 1 amide bonds. The zero-order valence-electron chi connectivity index (χ0n) is 16.5. The van der Waals surface area contributed by atoms with E-state index in [1.165, 1.54) is 37.6 Å². The smallest absolute Gasteiger partial charge is 0.256 e. The molecule has 0 spiro atoms. The molecule has 0 radical (unpaired) electrons. The average molecular weight is 428 g/mol. The van der Waals surface area contributed by atoms with Gasteiger partial charge in [-0.2, -0.15) is 0 Å². The highest BCUT2D eigenvalue weighted by Gasteiger charge is 2.31. The highest BCUT2D eigenvalue weighted by Crippen LogP contribution is 2.33. The van der Waals surface area contributed by atoms with Crippen molar-refractivity contribution in [1.29, 1.82) is 0 Å². The fourth-order valence-electron chi connectivity index (χ4n) is 3.74. The number of sulfone groups is 1. The van der Waals surface area contributed by atoms with Crippen LogP contribution in [-0.4, -0.2) is 44.4 Å². The van der Waals surface area contributed by atoms with Crippen LogP contribution in [0.2, 0.25) is 0 Å². The Bertz CT molecular complexity index is 1220. The highest BCUT2D eigenvalue weighted by atomic mass is 32.2. The Labute approximate surface area is 174 Å². The first-order valence-electron chi connectivity index (χ1n) is 9.68. The number of fused-ring (bicyclic) bond motifs is 1. The molecule has 0 atom stereocenters. The Balaban J connectivity index is 1.97. The molecule has 0 bridgehead atoms. The third-order valence-electron chi connectivity index (χ3n) is 5.27. The van der Waals surface area contributed by atoms with Crippen LogP contribution in [0.4, 0.5) is 4.39 Å². The van der Waals surface area contributed by atoms with Gasteiger partial charge >= 0.3 is 0 Å². The van der Waals surface area contributed by atoms with Gasteiger partial charge in [0, 0.05) is 24.7 Å². The van der Waals surface area contributed by atoms with Crippen LogP contribution in [0.5, 0.6) is 5.75 Å². The van der Waals surface area contributed by atoms with Crippen molar-refractivity contribution in [3.63, 3.8) is 0 Å². The molecule has 1 saturated heterocycles. The Morgan fingerprint density at radius 3 is 2.60 bits per heavy atom. The number of amides is 1. The van der Waals surface area contributed by atoms with Crippen LogP contribution >= 0.6 is 0 Å². The van der Waals surface area contributed by atoms with Gasteiger partial charge in [0.25, 0.3) is 5.91 Å². The first-order valence-corrected chi connectivity index (χ1v) is 11.2. The molecular weight excluding hydrogens is 407 g/mol. The summed E-state index contributed by atoms with van der Waals surface area (Å²) in [5, 5.41) is 0.0840. The molecule has 3 aromatic rings. The number of benzene rings is 2. The van der Waals surface area contributed by atoms with Crippen molar-refractivity contribution in [3.05, 3.63) is 60.0 Å². The van der Waals surface area contributed by atoms with Crippen LogP contribution in [0, 0.1) is 5.82 Å². The molecule has 1 aliphatic heterocycles. The zero-order chi connectivity index (χ0) is 21.3. The molecule has 0 aliphatic carbocycles. The van der Waals surface area contributed by atoms with Crippen LogP contribution in [0.15, 0.2) is 58.5 Å². The summed E-state index contributed by atoms with van der Waals surface area (Å²) in [6.07, 6.45) is 4.03. The summed E-state index contributed by atoms with van der Waals surface area (Å²) in [5.41, 5.74) is 0.255. The molecule has 2 heterocycles. The monoisotopic (exact) mass is 428 g/mol. The second-order valence-corrected chi connectivity index (χ2v) is 9.08. The van der Waals surface area contributed by atoms with Gasteiger partial charge < -0.3 is 9.64 Å². The number of hydrogen-bond acceptors (Lipinski definition) is 5. The number of hydrogen-bond donors (Lipinski definition) is 0. The van der Waals surface area contributed by atoms with E-state index in [4.69, 9.17) is 4.74 Å². The van der Waals surface area contributed by atoms with Gasteiger partial charge in [0.15, 0.2) is 0 Å². The summed E-state index contributed by atoms with van der Waals surface area (Å²) in [7, 11) is -2.72. The minimum atomic E-state index is -4.16. The Hall–Kier alpha value is -3.00. The average Bonchev–Trinajstić information content (AvgIpc) is 2.78. The number of nitrogens with zero attached hydrogens (tertiary/aromatic N) is 2. The molecule has 8 heteroatoms. The van der Waals surface area contributed by atoms with Gasteiger partial charge in [-0.25, -0.2) is 12.8 Å². The molecule has 0 N–H and O–H groups in total. The third-order valence-corrected chi connectivity index (χ3v) is 7.13. The maximum absolute atomic E-state index is 14.1. The van der Waals surface area contributed by atoms with E-state index in [1.54, 1.807) is 17.0 Å². The van der Waals surface area contributed by atoms with Crippen molar-refractivity contribution < 1.29 is 22.3 Å². The predicted molar refractivity (Wildman–Crippen MR) is 110 cm³/mol. The lowest BCUT2D eigenvalue weighted by Gasteiger charge is -2.27. The second kappa shape index (κ2) is 8.02. The van der Waals surface area contributed by atoms with Crippen molar-refractivity contribution in [3.8, 4) is 5.75 Å². The highest BCUT2D eigenvalue weighted by molar-refractivity contribution is 7.91. The minimum Gasteiger partial charge on any atom is -0.497 e. The lowest BCUT2D eigenvalue weighted by Crippen LogP contribution is -2.36. The number of rotatable bonds is 4. The summed E-state index contributed by atoms with van der Waals surface area (Å²) in [6, 6.07) is 9.73. The topological polar surface area (TPSA) is 76.6 Å². The number of piperidine rings is 1. The van der Waals surface area contributed by atoms with E-state index in [9.17, 15) is 17.6 Å². The number of carbonyl (C=O) groups excluding carboxylic acids is 1. The van der Waals surface area contributed by atoms with Crippen molar-refractivity contribution in [1.82, 2.24) is 9.88 Å². The second-order valence-electron chi connectivity index (χ2n) is 7.20. The summed E-state index contributed by atoms with van der Waals surface area (Å²) in [5.74, 6) is -0.645. The van der Waals surface area contributed by atoms with E-state index in [-0.39, 0.29) is 20.7 Å². The first-order chi connectivity index (χ1) is 14.4. The number of aromatic nitrogens is 1. The van der Waals surface area contributed by atoms with Crippen molar-refractivity contribution in [2.24, 2.45) is 0 Å². The SMILES string of the molecule is COc1cccc(S(=O)(=O)c2c(C(=O)N3CCCCC3)cnc3ccc(F)cc23)c1. The van der Waals surface area contributed by atoms with E-state index < -0.39 is 21.6 Å². The molecule has 0 saturated carbocycles. The molecule has 4 rings (SSSR count). The first kappa shape index (κ1) is 20.3. The molecule has 1 aromatic heterocycles. The van der Waals surface area contributed by atoms with Gasteiger partial charge in [0.05, 0.1) is 28.0 Å². The molecular formula is C22H21FN2O4S. The number of halogens is 1. The molecule has 2 aromatic carbocycles. The molecule has 1 fully saturated rings. The number of carbonyl (C=O) groups is 1.